The summed E-state index contributed by atoms with van der Waals surface area (Å²) in [4.78, 5) is 34.8. The average molecular weight is 752 g/mol. The van der Waals surface area contributed by atoms with Gasteiger partial charge in [0.05, 0.1) is 0 Å². The minimum atomic E-state index is -3.02. The number of hydrogen-bond acceptors (Lipinski definition) is 6. The minimum Gasteiger partial charge on any atom is -0.799 e. The molecule has 0 fully saturated rings. The first kappa shape index (κ1) is 53.9. The van der Waals surface area contributed by atoms with Crippen molar-refractivity contribution in [3.63, 3.8) is 0 Å². The molecule has 0 atom stereocenters. The first-order valence-electron chi connectivity index (χ1n) is 19.2. The van der Waals surface area contributed by atoms with Crippen LogP contribution in [0.5, 0.6) is 0 Å². The fourth-order valence-electron chi connectivity index (χ4n) is 5.01. The van der Waals surface area contributed by atoms with E-state index in [2.05, 4.69) is 41.5 Å². The molecule has 0 saturated heterocycles. The molecule has 46 heavy (non-hydrogen) atoms. The summed E-state index contributed by atoms with van der Waals surface area (Å²) in [6.07, 6.45) is 28.1. The molecule has 0 aliphatic carbocycles. The van der Waals surface area contributed by atoms with E-state index in [1.165, 1.54) is 38.5 Å². The molecule has 0 aliphatic heterocycles. The molecule has 0 amide bonds. The normalized spacial score (nSPS) is 11.7. The summed E-state index contributed by atoms with van der Waals surface area (Å²) in [6.45, 7) is 12.8. The summed E-state index contributed by atoms with van der Waals surface area (Å²) in [7, 11) is -9.07. The number of rotatable bonds is 30. The largest absolute Gasteiger partial charge is 3.00 e. The van der Waals surface area contributed by atoms with Gasteiger partial charge >= 0.3 is 17.4 Å². The second-order valence-electron chi connectivity index (χ2n) is 13.1. The third kappa shape index (κ3) is 47.2. The second kappa shape index (κ2) is 38.9. The average Bonchev–Trinajstić information content (AvgIpc) is 2.99. The predicted octanol–water partition coefficient (Wildman–Crippen LogP) is 11.4. The maximum atomic E-state index is 11.6. The van der Waals surface area contributed by atoms with Crippen LogP contribution < -0.4 is 14.7 Å². The van der Waals surface area contributed by atoms with Gasteiger partial charge in [0.15, 0.2) is 0 Å². The van der Waals surface area contributed by atoms with Crippen LogP contribution in [0.4, 0.5) is 0 Å². The summed E-state index contributed by atoms with van der Waals surface area (Å²) in [5, 5.41) is 0. The summed E-state index contributed by atoms with van der Waals surface area (Å²) < 4.78 is 34.8. The molecule has 0 aromatic heterocycles. The Bertz CT molecular complexity index is 595. The molecular weight excluding hydrogens is 673 g/mol. The molecule has 0 N–H and O–H groups in total. The first-order valence-corrected chi connectivity index (χ1v) is 25.2. The van der Waals surface area contributed by atoms with E-state index in [0.717, 1.165) is 116 Å². The summed E-state index contributed by atoms with van der Waals surface area (Å²) in [6, 6.07) is 0. The predicted molar refractivity (Wildman–Crippen MR) is 197 cm³/mol. The standard InChI is InChI=1S/3C12H27O2P.Cr/c3*1-3-5-7-9-11-15(13,14)12-10-8-6-4-2;/h3*3-12H2,1-2H3,(H,13,14);/q;;;+3/p-3. The van der Waals surface area contributed by atoms with Crippen molar-refractivity contribution >= 4 is 22.1 Å². The van der Waals surface area contributed by atoms with Crippen LogP contribution in [-0.2, 0) is 31.1 Å². The Labute approximate surface area is 299 Å². The topological polar surface area (TPSA) is 120 Å². The number of unbranched alkanes of at least 4 members (excludes halogenated alkanes) is 18. The van der Waals surface area contributed by atoms with Crippen molar-refractivity contribution in [3.05, 3.63) is 0 Å². The van der Waals surface area contributed by atoms with E-state index >= 15 is 0 Å². The van der Waals surface area contributed by atoms with Crippen LogP contribution in [0.3, 0.4) is 0 Å². The van der Waals surface area contributed by atoms with E-state index in [1.54, 1.807) is 0 Å². The van der Waals surface area contributed by atoms with Gasteiger partial charge in [0, 0.05) is 22.1 Å². The quantitative estimate of drug-likeness (QED) is 0.0532. The smallest absolute Gasteiger partial charge is 0.799 e. The van der Waals surface area contributed by atoms with E-state index in [9.17, 15) is 28.4 Å². The molecule has 0 aromatic rings. The van der Waals surface area contributed by atoms with Crippen LogP contribution in [-0.4, -0.2) is 37.0 Å². The number of hydrogen-bond donors (Lipinski definition) is 0. The maximum absolute atomic E-state index is 11.6. The first-order chi connectivity index (χ1) is 21.4. The molecule has 10 heteroatoms. The maximum Gasteiger partial charge on any atom is 3.00 e. The van der Waals surface area contributed by atoms with Gasteiger partial charge in [-0.1, -0.05) is 157 Å². The van der Waals surface area contributed by atoms with Gasteiger partial charge in [-0.05, 0) is 75.5 Å². The summed E-state index contributed by atoms with van der Waals surface area (Å²) in [5.74, 6) is 0. The van der Waals surface area contributed by atoms with Crippen molar-refractivity contribution < 1.29 is 45.7 Å². The fourth-order valence-corrected chi connectivity index (χ4v) is 9.92. The third-order valence-corrected chi connectivity index (χ3v) is 14.1. The third-order valence-electron chi connectivity index (χ3n) is 8.11. The SMILES string of the molecule is CCCCCCP(=O)([O-])CCCCCC.CCCCCCP(=O)([O-])CCCCCC.CCCCCCP(=O)([O-])CCCCCC.[Cr+3]. The van der Waals surface area contributed by atoms with Gasteiger partial charge in [0.2, 0.25) is 0 Å². The molecule has 0 unspecified atom stereocenters. The van der Waals surface area contributed by atoms with Crippen LogP contribution >= 0.6 is 22.1 Å². The van der Waals surface area contributed by atoms with Gasteiger partial charge in [-0.15, -0.1) is 0 Å². The molecule has 0 spiro atoms. The fraction of sp³-hybridized carbons (Fsp3) is 1.00. The molecule has 0 rings (SSSR count). The Hall–Kier alpha value is 1.10. The van der Waals surface area contributed by atoms with E-state index in [-0.39, 0.29) is 17.4 Å². The Morgan fingerprint density at radius 2 is 0.413 bits per heavy atom. The van der Waals surface area contributed by atoms with Gasteiger partial charge in [0.1, 0.15) is 0 Å². The molecule has 279 valence electrons. The molecule has 0 saturated carbocycles. The van der Waals surface area contributed by atoms with E-state index < -0.39 is 22.1 Å². The van der Waals surface area contributed by atoms with Crippen molar-refractivity contribution in [3.8, 4) is 0 Å². The van der Waals surface area contributed by atoms with Crippen LogP contribution in [0, 0.1) is 0 Å². The van der Waals surface area contributed by atoms with Gasteiger partial charge in [-0.3, -0.25) is 0 Å². The molecule has 0 heterocycles. The van der Waals surface area contributed by atoms with Gasteiger partial charge in [-0.2, -0.15) is 0 Å². The monoisotopic (exact) mass is 751 g/mol. The Morgan fingerprint density at radius 1 is 0.283 bits per heavy atom. The molecule has 1 radical (unpaired) electrons. The van der Waals surface area contributed by atoms with Crippen LogP contribution in [0.25, 0.3) is 0 Å². The van der Waals surface area contributed by atoms with E-state index in [1.807, 2.05) is 0 Å². The van der Waals surface area contributed by atoms with Crippen LogP contribution in [0.2, 0.25) is 0 Å². The molecule has 0 bridgehead atoms. The van der Waals surface area contributed by atoms with Crippen molar-refractivity contribution in [1.82, 2.24) is 0 Å². The Balaban J connectivity index is -0.000000285. The van der Waals surface area contributed by atoms with Crippen molar-refractivity contribution in [2.45, 2.75) is 196 Å². The second-order valence-corrected chi connectivity index (χ2v) is 20.7. The zero-order chi connectivity index (χ0) is 34.7. The van der Waals surface area contributed by atoms with E-state index in [4.69, 9.17) is 0 Å². The zero-order valence-electron chi connectivity index (χ0n) is 31.4. The van der Waals surface area contributed by atoms with Gasteiger partial charge < -0.3 is 28.4 Å². The molecular formula is C36H78CrO6P3. The van der Waals surface area contributed by atoms with Gasteiger partial charge in [0.25, 0.3) is 0 Å². The summed E-state index contributed by atoms with van der Waals surface area (Å²) in [5.41, 5.74) is 0. The minimum absolute atomic E-state index is 0. The summed E-state index contributed by atoms with van der Waals surface area (Å²) >= 11 is 0. The Kier molecular flexibility index (Phi) is 45.6. The molecule has 0 aliphatic rings. The Morgan fingerprint density at radius 3 is 0.522 bits per heavy atom. The van der Waals surface area contributed by atoms with Crippen molar-refractivity contribution in [1.29, 1.82) is 0 Å². The molecule has 0 aromatic carbocycles. The van der Waals surface area contributed by atoms with Crippen molar-refractivity contribution in [2.24, 2.45) is 0 Å². The van der Waals surface area contributed by atoms with Crippen LogP contribution in [0.15, 0.2) is 0 Å². The van der Waals surface area contributed by atoms with Crippen molar-refractivity contribution in [2.75, 3.05) is 37.0 Å². The van der Waals surface area contributed by atoms with E-state index in [0.29, 0.717) is 37.0 Å². The van der Waals surface area contributed by atoms with Gasteiger partial charge in [-0.25, -0.2) is 0 Å². The zero-order valence-corrected chi connectivity index (χ0v) is 35.4. The van der Waals surface area contributed by atoms with Crippen LogP contribution in [0.1, 0.15) is 196 Å². The molecule has 6 nitrogen and oxygen atoms in total.